The average molecular weight is 362 g/mol. The topological polar surface area (TPSA) is 64.9 Å². The number of hydrogen-bond acceptors (Lipinski definition) is 4. The summed E-state index contributed by atoms with van der Waals surface area (Å²) in [4.78, 5) is 13.8. The van der Waals surface area contributed by atoms with Crippen LogP contribution in [-0.2, 0) is 0 Å². The fourth-order valence-corrected chi connectivity index (χ4v) is 1.82. The van der Waals surface area contributed by atoms with Gasteiger partial charge in [0, 0.05) is 37.0 Å². The van der Waals surface area contributed by atoms with E-state index in [0.29, 0.717) is 17.2 Å². The first-order valence-corrected chi connectivity index (χ1v) is 8.33. The number of rotatable bonds is 5. The number of nitrogens with one attached hydrogen (secondary N) is 1. The SMILES string of the molecule is CCCO.CN(C)c1ccc(/C=N/NC(=O)c2ccc(Cl)cc2)cc1. The van der Waals surface area contributed by atoms with Gasteiger partial charge in [0.15, 0.2) is 0 Å². The molecule has 0 radical (unpaired) electrons. The monoisotopic (exact) mass is 361 g/mol. The molecular formula is C19H24ClN3O2. The molecule has 5 nitrogen and oxygen atoms in total. The maximum Gasteiger partial charge on any atom is 0.271 e. The van der Waals surface area contributed by atoms with E-state index in [4.69, 9.17) is 16.7 Å². The summed E-state index contributed by atoms with van der Waals surface area (Å²) >= 11 is 5.77. The van der Waals surface area contributed by atoms with Gasteiger partial charge in [0.25, 0.3) is 5.91 Å². The molecule has 25 heavy (non-hydrogen) atoms. The Labute approximate surface area is 153 Å². The largest absolute Gasteiger partial charge is 0.396 e. The van der Waals surface area contributed by atoms with Gasteiger partial charge in [0.1, 0.15) is 0 Å². The van der Waals surface area contributed by atoms with Crippen LogP contribution in [0.4, 0.5) is 5.69 Å². The normalized spacial score (nSPS) is 10.1. The molecule has 0 atom stereocenters. The number of hydrazone groups is 1. The second-order valence-corrected chi connectivity index (χ2v) is 5.85. The predicted octanol–water partition coefficient (Wildman–Crippen LogP) is 3.56. The zero-order valence-corrected chi connectivity index (χ0v) is 15.5. The van der Waals surface area contributed by atoms with E-state index in [9.17, 15) is 4.79 Å². The van der Waals surface area contributed by atoms with Gasteiger partial charge in [-0.1, -0.05) is 30.7 Å². The van der Waals surface area contributed by atoms with Gasteiger partial charge in [0.05, 0.1) is 6.21 Å². The molecule has 2 aromatic rings. The number of anilines is 1. The summed E-state index contributed by atoms with van der Waals surface area (Å²) in [6.45, 7) is 2.25. The van der Waals surface area contributed by atoms with Crippen LogP contribution in [0.5, 0.6) is 0 Å². The summed E-state index contributed by atoms with van der Waals surface area (Å²) < 4.78 is 0. The Kier molecular flexibility index (Phi) is 9.29. The van der Waals surface area contributed by atoms with Gasteiger partial charge in [-0.15, -0.1) is 0 Å². The third-order valence-electron chi connectivity index (χ3n) is 3.12. The Morgan fingerprint density at radius 3 is 2.20 bits per heavy atom. The first kappa shape index (κ1) is 20.7. The first-order chi connectivity index (χ1) is 12.0. The van der Waals surface area contributed by atoms with Crippen LogP contribution in [0.2, 0.25) is 5.02 Å². The van der Waals surface area contributed by atoms with Gasteiger partial charge >= 0.3 is 0 Å². The summed E-state index contributed by atoms with van der Waals surface area (Å²) in [5.41, 5.74) is 5.02. The van der Waals surface area contributed by atoms with Crippen molar-refractivity contribution in [3.05, 3.63) is 64.7 Å². The summed E-state index contributed by atoms with van der Waals surface area (Å²) in [5, 5.41) is 12.4. The standard InChI is InChI=1S/C16H16ClN3O.C3H8O/c1-20(2)15-9-3-12(4-10-15)11-18-19-16(21)13-5-7-14(17)8-6-13;1-2-3-4/h3-11H,1-2H3,(H,19,21);4H,2-3H2,1H3/b18-11+;. The zero-order chi connectivity index (χ0) is 18.7. The minimum atomic E-state index is -0.271. The Balaban J connectivity index is 0.000000705. The summed E-state index contributed by atoms with van der Waals surface area (Å²) in [6.07, 6.45) is 2.48. The second kappa shape index (κ2) is 11.2. The fraction of sp³-hybridized carbons (Fsp3) is 0.263. The van der Waals surface area contributed by atoms with Crippen LogP contribution in [-0.4, -0.2) is 37.9 Å². The molecule has 0 bridgehead atoms. The first-order valence-electron chi connectivity index (χ1n) is 7.95. The van der Waals surface area contributed by atoms with Crippen LogP contribution in [0.25, 0.3) is 0 Å². The molecule has 2 aromatic carbocycles. The van der Waals surface area contributed by atoms with Crippen molar-refractivity contribution in [3.8, 4) is 0 Å². The van der Waals surface area contributed by atoms with Gasteiger partial charge in [-0.05, 0) is 48.4 Å². The number of benzene rings is 2. The van der Waals surface area contributed by atoms with Crippen molar-refractivity contribution in [2.45, 2.75) is 13.3 Å². The third-order valence-corrected chi connectivity index (χ3v) is 3.37. The number of aliphatic hydroxyl groups is 1. The van der Waals surface area contributed by atoms with Gasteiger partial charge in [-0.3, -0.25) is 4.79 Å². The van der Waals surface area contributed by atoms with Crippen molar-refractivity contribution in [1.29, 1.82) is 0 Å². The molecule has 0 heterocycles. The van der Waals surface area contributed by atoms with Crippen molar-refractivity contribution < 1.29 is 9.90 Å². The molecular weight excluding hydrogens is 338 g/mol. The second-order valence-electron chi connectivity index (χ2n) is 5.42. The summed E-state index contributed by atoms with van der Waals surface area (Å²) in [7, 11) is 3.96. The number of halogens is 1. The highest BCUT2D eigenvalue weighted by molar-refractivity contribution is 6.30. The molecule has 2 N–H and O–H groups in total. The van der Waals surface area contributed by atoms with E-state index in [1.807, 2.05) is 50.2 Å². The van der Waals surface area contributed by atoms with E-state index >= 15 is 0 Å². The van der Waals surface area contributed by atoms with E-state index in [0.717, 1.165) is 17.7 Å². The van der Waals surface area contributed by atoms with Gasteiger partial charge < -0.3 is 10.0 Å². The van der Waals surface area contributed by atoms with E-state index in [1.54, 1.807) is 30.5 Å². The highest BCUT2D eigenvalue weighted by Gasteiger charge is 2.03. The van der Waals surface area contributed by atoms with Gasteiger partial charge in [-0.25, -0.2) is 5.43 Å². The van der Waals surface area contributed by atoms with Crippen molar-refractivity contribution in [2.24, 2.45) is 5.10 Å². The quantitative estimate of drug-likeness (QED) is 0.632. The average Bonchev–Trinajstić information content (AvgIpc) is 2.63. The lowest BCUT2D eigenvalue weighted by Gasteiger charge is -2.11. The molecule has 134 valence electrons. The van der Waals surface area contributed by atoms with Crippen molar-refractivity contribution in [2.75, 3.05) is 25.6 Å². The van der Waals surface area contributed by atoms with Crippen LogP contribution in [0.15, 0.2) is 53.6 Å². The molecule has 6 heteroatoms. The Hall–Kier alpha value is -2.37. The number of amides is 1. The Morgan fingerprint density at radius 2 is 1.72 bits per heavy atom. The number of carbonyl (C=O) groups excluding carboxylic acids is 1. The highest BCUT2D eigenvalue weighted by atomic mass is 35.5. The van der Waals surface area contributed by atoms with E-state index in [2.05, 4.69) is 10.5 Å². The molecule has 0 unspecified atom stereocenters. The lowest BCUT2D eigenvalue weighted by molar-refractivity contribution is 0.0955. The molecule has 2 rings (SSSR count). The number of carbonyl (C=O) groups is 1. The molecule has 0 fully saturated rings. The van der Waals surface area contributed by atoms with Crippen molar-refractivity contribution in [1.82, 2.24) is 5.43 Å². The van der Waals surface area contributed by atoms with Crippen LogP contribution in [0, 0.1) is 0 Å². The van der Waals surface area contributed by atoms with Crippen LogP contribution >= 0.6 is 11.6 Å². The smallest absolute Gasteiger partial charge is 0.271 e. The fourth-order valence-electron chi connectivity index (χ4n) is 1.69. The lowest BCUT2D eigenvalue weighted by atomic mass is 10.2. The molecule has 0 saturated carbocycles. The summed E-state index contributed by atoms with van der Waals surface area (Å²) in [5.74, 6) is -0.271. The van der Waals surface area contributed by atoms with E-state index in [-0.39, 0.29) is 5.91 Å². The molecule has 1 amide bonds. The van der Waals surface area contributed by atoms with Crippen molar-refractivity contribution in [3.63, 3.8) is 0 Å². The van der Waals surface area contributed by atoms with E-state index < -0.39 is 0 Å². The van der Waals surface area contributed by atoms with Gasteiger partial charge in [0.2, 0.25) is 0 Å². The number of nitrogens with zero attached hydrogens (tertiary/aromatic N) is 2. The third kappa shape index (κ3) is 7.83. The molecule has 0 aliphatic heterocycles. The van der Waals surface area contributed by atoms with E-state index in [1.165, 1.54) is 0 Å². The van der Waals surface area contributed by atoms with Crippen LogP contribution < -0.4 is 10.3 Å². The number of aliphatic hydroxyl groups excluding tert-OH is 1. The molecule has 0 aliphatic carbocycles. The molecule has 0 spiro atoms. The lowest BCUT2D eigenvalue weighted by Crippen LogP contribution is -2.17. The minimum absolute atomic E-state index is 0.271. The zero-order valence-electron chi connectivity index (χ0n) is 14.7. The minimum Gasteiger partial charge on any atom is -0.396 e. The van der Waals surface area contributed by atoms with Crippen LogP contribution in [0.1, 0.15) is 29.3 Å². The molecule has 0 aliphatic rings. The number of hydrogen-bond donors (Lipinski definition) is 2. The predicted molar refractivity (Wildman–Crippen MR) is 105 cm³/mol. The molecule has 0 saturated heterocycles. The van der Waals surface area contributed by atoms with Crippen LogP contribution in [0.3, 0.4) is 0 Å². The van der Waals surface area contributed by atoms with Crippen molar-refractivity contribution >= 4 is 29.4 Å². The molecule has 0 aromatic heterocycles. The Bertz CT molecular complexity index is 666. The summed E-state index contributed by atoms with van der Waals surface area (Å²) in [6, 6.07) is 14.5. The van der Waals surface area contributed by atoms with Gasteiger partial charge in [-0.2, -0.15) is 5.10 Å². The Morgan fingerprint density at radius 1 is 1.16 bits per heavy atom. The highest BCUT2D eigenvalue weighted by Crippen LogP contribution is 2.11. The maximum atomic E-state index is 11.8. The maximum absolute atomic E-state index is 11.8.